The molecule has 2 aliphatic rings. The number of amides is 1. The van der Waals surface area contributed by atoms with Crippen LogP contribution in [-0.4, -0.2) is 61.1 Å². The standard InChI is InChI=1S/C24H25ClN2O4/c1-16-2-4-17(5-3-16)21-20(22(28)18-6-8-19(25)9-7-18)23(29)24(30)27(21)11-10-26-12-14-31-15-13-26/h2-9,21,28H,10-15H2,1H3/p+1/t21-/m0/s1. The number of carbonyl (C=O) groups excluding carboxylic acids is 2. The number of quaternary nitrogens is 1. The molecule has 162 valence electrons. The topological polar surface area (TPSA) is 71.3 Å². The van der Waals surface area contributed by atoms with Crippen LogP contribution in [0.5, 0.6) is 0 Å². The number of Topliss-reactive ketones (excluding diaryl/α,β-unsaturated/α-hetero) is 1. The van der Waals surface area contributed by atoms with Gasteiger partial charge in [-0.25, -0.2) is 0 Å². The van der Waals surface area contributed by atoms with Gasteiger partial charge >= 0.3 is 0 Å². The summed E-state index contributed by atoms with van der Waals surface area (Å²) in [5, 5.41) is 11.6. The molecule has 2 aromatic rings. The molecule has 1 amide bonds. The molecule has 2 N–H and O–H groups in total. The zero-order chi connectivity index (χ0) is 22.0. The average Bonchev–Trinajstić information content (AvgIpc) is 3.04. The van der Waals surface area contributed by atoms with E-state index in [0.29, 0.717) is 30.3 Å². The lowest BCUT2D eigenvalue weighted by atomic mass is 9.95. The van der Waals surface area contributed by atoms with Gasteiger partial charge in [-0.2, -0.15) is 0 Å². The Bertz CT molecular complexity index is 995. The molecule has 0 saturated carbocycles. The van der Waals surface area contributed by atoms with Crippen LogP contribution in [0, 0.1) is 6.92 Å². The quantitative estimate of drug-likeness (QED) is 0.423. The van der Waals surface area contributed by atoms with Gasteiger partial charge in [-0.15, -0.1) is 0 Å². The number of halogens is 1. The summed E-state index contributed by atoms with van der Waals surface area (Å²) in [6.07, 6.45) is 0. The molecule has 0 aromatic heterocycles. The van der Waals surface area contributed by atoms with Gasteiger partial charge in [-0.3, -0.25) is 9.59 Å². The molecule has 0 radical (unpaired) electrons. The summed E-state index contributed by atoms with van der Waals surface area (Å²) in [5.41, 5.74) is 2.46. The Balaban J connectivity index is 1.72. The van der Waals surface area contributed by atoms with Crippen molar-refractivity contribution in [2.45, 2.75) is 13.0 Å². The van der Waals surface area contributed by atoms with Crippen molar-refractivity contribution < 1.29 is 24.3 Å². The Labute approximate surface area is 186 Å². The van der Waals surface area contributed by atoms with Gasteiger partial charge in [0.05, 0.1) is 37.9 Å². The third-order valence-corrected chi connectivity index (χ3v) is 6.21. The second kappa shape index (κ2) is 9.22. The van der Waals surface area contributed by atoms with Crippen LogP contribution < -0.4 is 4.90 Å². The Morgan fingerprint density at radius 1 is 1.10 bits per heavy atom. The molecule has 2 fully saturated rings. The molecule has 1 atom stereocenters. The third-order valence-electron chi connectivity index (χ3n) is 5.96. The second-order valence-corrected chi connectivity index (χ2v) is 8.46. The second-order valence-electron chi connectivity index (χ2n) is 8.02. The number of aliphatic hydroxyl groups excluding tert-OH is 1. The summed E-state index contributed by atoms with van der Waals surface area (Å²) >= 11 is 5.97. The summed E-state index contributed by atoms with van der Waals surface area (Å²) in [6, 6.07) is 13.7. The number of hydrogen-bond donors (Lipinski definition) is 2. The lowest BCUT2D eigenvalue weighted by Gasteiger charge is -2.29. The fourth-order valence-electron chi connectivity index (χ4n) is 4.16. The van der Waals surface area contributed by atoms with Gasteiger partial charge < -0.3 is 19.6 Å². The number of hydrogen-bond acceptors (Lipinski definition) is 4. The summed E-state index contributed by atoms with van der Waals surface area (Å²) in [5.74, 6) is -1.41. The van der Waals surface area contributed by atoms with Gasteiger partial charge in [0.25, 0.3) is 11.7 Å². The smallest absolute Gasteiger partial charge is 0.295 e. The Morgan fingerprint density at radius 3 is 2.39 bits per heavy atom. The number of likely N-dealkylation sites (tertiary alicyclic amines) is 1. The largest absolute Gasteiger partial charge is 0.507 e. The van der Waals surface area contributed by atoms with Gasteiger partial charge in [0, 0.05) is 10.6 Å². The highest BCUT2D eigenvalue weighted by atomic mass is 35.5. The zero-order valence-corrected chi connectivity index (χ0v) is 18.2. The lowest BCUT2D eigenvalue weighted by molar-refractivity contribution is -0.907. The van der Waals surface area contributed by atoms with E-state index in [1.165, 1.54) is 4.90 Å². The fourth-order valence-corrected chi connectivity index (χ4v) is 4.28. The van der Waals surface area contributed by atoms with Crippen molar-refractivity contribution in [1.29, 1.82) is 0 Å². The van der Waals surface area contributed by atoms with Gasteiger partial charge in [0.15, 0.2) is 0 Å². The third kappa shape index (κ3) is 4.51. The summed E-state index contributed by atoms with van der Waals surface area (Å²) in [4.78, 5) is 29.0. The van der Waals surface area contributed by atoms with Crippen molar-refractivity contribution in [2.24, 2.45) is 0 Å². The van der Waals surface area contributed by atoms with Crippen LogP contribution in [0.3, 0.4) is 0 Å². The lowest BCUT2D eigenvalue weighted by Crippen LogP contribution is -3.14. The maximum atomic E-state index is 13.0. The number of aliphatic hydroxyl groups is 1. The minimum Gasteiger partial charge on any atom is -0.507 e. The van der Waals surface area contributed by atoms with Crippen LogP contribution in [0.15, 0.2) is 54.1 Å². The van der Waals surface area contributed by atoms with E-state index in [-0.39, 0.29) is 11.3 Å². The molecular formula is C24H26ClN2O4+. The molecule has 0 unspecified atom stereocenters. The minimum absolute atomic E-state index is 0.119. The highest BCUT2D eigenvalue weighted by Gasteiger charge is 2.46. The molecule has 4 rings (SSSR count). The van der Waals surface area contributed by atoms with Crippen molar-refractivity contribution in [3.63, 3.8) is 0 Å². The monoisotopic (exact) mass is 441 g/mol. The molecule has 0 bridgehead atoms. The SMILES string of the molecule is Cc1ccc([C@H]2C(=C(O)c3ccc(Cl)cc3)C(=O)C(=O)N2CC[NH+]2CCOCC2)cc1. The number of ketones is 1. The first-order chi connectivity index (χ1) is 15.0. The molecule has 2 aliphatic heterocycles. The summed E-state index contributed by atoms with van der Waals surface area (Å²) in [7, 11) is 0. The first kappa shape index (κ1) is 21.6. The van der Waals surface area contributed by atoms with Crippen LogP contribution in [0.4, 0.5) is 0 Å². The van der Waals surface area contributed by atoms with E-state index >= 15 is 0 Å². The fraction of sp³-hybridized carbons (Fsp3) is 0.333. The molecule has 2 saturated heterocycles. The van der Waals surface area contributed by atoms with E-state index in [4.69, 9.17) is 16.3 Å². The number of ether oxygens (including phenoxy) is 1. The molecule has 2 heterocycles. The molecule has 6 nitrogen and oxygen atoms in total. The number of nitrogens with zero attached hydrogens (tertiary/aromatic N) is 1. The zero-order valence-electron chi connectivity index (χ0n) is 17.4. The highest BCUT2D eigenvalue weighted by molar-refractivity contribution is 6.46. The van der Waals surface area contributed by atoms with Crippen molar-refractivity contribution in [3.05, 3.63) is 75.8 Å². The molecular weight excluding hydrogens is 416 g/mol. The van der Waals surface area contributed by atoms with E-state index in [0.717, 1.165) is 30.8 Å². The first-order valence-electron chi connectivity index (χ1n) is 10.5. The van der Waals surface area contributed by atoms with Crippen molar-refractivity contribution >= 4 is 29.1 Å². The van der Waals surface area contributed by atoms with Crippen molar-refractivity contribution in [2.75, 3.05) is 39.4 Å². The number of nitrogens with one attached hydrogen (secondary N) is 1. The van der Waals surface area contributed by atoms with Crippen LogP contribution in [0.1, 0.15) is 22.7 Å². The normalized spacial score (nSPS) is 21.6. The highest BCUT2D eigenvalue weighted by Crippen LogP contribution is 2.39. The molecule has 0 spiro atoms. The first-order valence-corrected chi connectivity index (χ1v) is 10.9. The number of rotatable bonds is 5. The predicted molar refractivity (Wildman–Crippen MR) is 118 cm³/mol. The van der Waals surface area contributed by atoms with E-state index in [1.807, 2.05) is 31.2 Å². The van der Waals surface area contributed by atoms with Gasteiger partial charge in [-0.05, 0) is 36.8 Å². The predicted octanol–water partition coefficient (Wildman–Crippen LogP) is 1.99. The Morgan fingerprint density at radius 2 is 1.74 bits per heavy atom. The van der Waals surface area contributed by atoms with E-state index in [9.17, 15) is 14.7 Å². The number of benzene rings is 2. The van der Waals surface area contributed by atoms with Crippen molar-refractivity contribution in [1.82, 2.24) is 4.90 Å². The van der Waals surface area contributed by atoms with E-state index < -0.39 is 17.7 Å². The maximum absolute atomic E-state index is 13.0. The van der Waals surface area contributed by atoms with E-state index in [2.05, 4.69) is 0 Å². The maximum Gasteiger partial charge on any atom is 0.295 e. The Hall–Kier alpha value is -2.67. The van der Waals surface area contributed by atoms with Crippen LogP contribution in [0.25, 0.3) is 5.76 Å². The molecule has 0 aliphatic carbocycles. The van der Waals surface area contributed by atoms with E-state index in [1.54, 1.807) is 29.2 Å². The number of carbonyl (C=O) groups is 2. The van der Waals surface area contributed by atoms with Gasteiger partial charge in [0.2, 0.25) is 0 Å². The molecule has 2 aromatic carbocycles. The average molecular weight is 442 g/mol. The van der Waals surface area contributed by atoms with Crippen LogP contribution in [0.2, 0.25) is 5.02 Å². The summed E-state index contributed by atoms with van der Waals surface area (Å²) < 4.78 is 5.41. The van der Waals surface area contributed by atoms with Crippen LogP contribution in [-0.2, 0) is 14.3 Å². The van der Waals surface area contributed by atoms with Gasteiger partial charge in [0.1, 0.15) is 18.8 Å². The molecule has 7 heteroatoms. The Kier molecular flexibility index (Phi) is 6.41. The van der Waals surface area contributed by atoms with Crippen molar-refractivity contribution in [3.8, 4) is 0 Å². The number of aryl methyl sites for hydroxylation is 1. The van der Waals surface area contributed by atoms with Gasteiger partial charge in [-0.1, -0.05) is 41.4 Å². The number of morpholine rings is 1. The summed E-state index contributed by atoms with van der Waals surface area (Å²) in [6.45, 7) is 6.29. The van der Waals surface area contributed by atoms with Crippen LogP contribution >= 0.6 is 11.6 Å². The minimum atomic E-state index is -0.657. The molecule has 31 heavy (non-hydrogen) atoms.